The van der Waals surface area contributed by atoms with Crippen LogP contribution in [0, 0.1) is 0 Å². The van der Waals surface area contributed by atoms with Crippen molar-refractivity contribution in [2.24, 2.45) is 0 Å². The van der Waals surface area contributed by atoms with E-state index in [4.69, 9.17) is 11.5 Å². The van der Waals surface area contributed by atoms with Gasteiger partial charge < -0.3 is 11.5 Å². The van der Waals surface area contributed by atoms with E-state index in [1.165, 1.54) is 0 Å². The van der Waals surface area contributed by atoms with Crippen molar-refractivity contribution in [3.05, 3.63) is 48.7 Å². The Labute approximate surface area is 116 Å². The van der Waals surface area contributed by atoms with E-state index in [9.17, 15) is 0 Å². The third-order valence-corrected chi connectivity index (χ3v) is 2.87. The summed E-state index contributed by atoms with van der Waals surface area (Å²) in [5.41, 5.74) is 14.3. The largest absolute Gasteiger partial charge is 0.384 e. The summed E-state index contributed by atoms with van der Waals surface area (Å²) in [6.07, 6.45) is 1.77. The van der Waals surface area contributed by atoms with Crippen molar-refractivity contribution < 1.29 is 0 Å². The van der Waals surface area contributed by atoms with E-state index in [2.05, 4.69) is 9.97 Å². The number of pyridine rings is 2. The lowest BCUT2D eigenvalue weighted by atomic mass is 10.0. The first-order chi connectivity index (χ1) is 8.75. The van der Waals surface area contributed by atoms with Gasteiger partial charge in [-0.1, -0.05) is 24.3 Å². The van der Waals surface area contributed by atoms with E-state index < -0.39 is 0 Å². The van der Waals surface area contributed by atoms with Gasteiger partial charge in [-0.25, -0.2) is 4.98 Å². The molecule has 0 spiro atoms. The van der Waals surface area contributed by atoms with Crippen LogP contribution in [0.15, 0.2) is 48.7 Å². The lowest BCUT2D eigenvalue weighted by molar-refractivity contribution is 1.34. The molecule has 0 radical (unpaired) electrons. The summed E-state index contributed by atoms with van der Waals surface area (Å²) < 4.78 is 0. The SMILES string of the molecule is Cl.Nc1ccc(-c2cccc3cccnc23)c(N)n1. The molecule has 19 heavy (non-hydrogen) atoms. The molecule has 5 heteroatoms. The first-order valence-electron chi connectivity index (χ1n) is 5.62. The van der Waals surface area contributed by atoms with Gasteiger partial charge in [0.2, 0.25) is 0 Å². The average Bonchev–Trinajstić information content (AvgIpc) is 2.38. The van der Waals surface area contributed by atoms with Gasteiger partial charge in [0, 0.05) is 22.7 Å². The first kappa shape index (κ1) is 13.1. The molecule has 3 aromatic rings. The quantitative estimate of drug-likeness (QED) is 0.714. The zero-order valence-corrected chi connectivity index (χ0v) is 10.9. The molecule has 4 nitrogen and oxygen atoms in total. The number of fused-ring (bicyclic) bond motifs is 1. The molecule has 2 aromatic heterocycles. The summed E-state index contributed by atoms with van der Waals surface area (Å²) in [5, 5.41) is 1.08. The minimum Gasteiger partial charge on any atom is -0.384 e. The number of hydrogen-bond acceptors (Lipinski definition) is 4. The van der Waals surface area contributed by atoms with E-state index >= 15 is 0 Å². The number of anilines is 2. The van der Waals surface area contributed by atoms with Crippen LogP contribution in [0.25, 0.3) is 22.0 Å². The number of para-hydroxylation sites is 1. The number of halogens is 1. The lowest BCUT2D eigenvalue weighted by Gasteiger charge is -2.08. The number of nitrogens with zero attached hydrogens (tertiary/aromatic N) is 2. The highest BCUT2D eigenvalue weighted by Gasteiger charge is 2.08. The summed E-state index contributed by atoms with van der Waals surface area (Å²) in [7, 11) is 0. The zero-order chi connectivity index (χ0) is 12.5. The Morgan fingerprint density at radius 3 is 2.42 bits per heavy atom. The van der Waals surface area contributed by atoms with Crippen molar-refractivity contribution >= 4 is 34.9 Å². The number of aromatic nitrogens is 2. The molecule has 3 rings (SSSR count). The van der Waals surface area contributed by atoms with Gasteiger partial charge >= 0.3 is 0 Å². The van der Waals surface area contributed by atoms with E-state index in [-0.39, 0.29) is 12.4 Å². The Morgan fingerprint density at radius 2 is 1.63 bits per heavy atom. The molecular weight excluding hydrogens is 260 g/mol. The van der Waals surface area contributed by atoms with E-state index in [1.807, 2.05) is 36.4 Å². The van der Waals surface area contributed by atoms with Crippen molar-refractivity contribution in [2.75, 3.05) is 11.5 Å². The van der Waals surface area contributed by atoms with Crippen LogP contribution in [-0.4, -0.2) is 9.97 Å². The Balaban J connectivity index is 0.00000133. The van der Waals surface area contributed by atoms with E-state index in [0.29, 0.717) is 11.6 Å². The highest BCUT2D eigenvalue weighted by atomic mass is 35.5. The number of nitrogen functional groups attached to an aromatic ring is 2. The maximum atomic E-state index is 5.93. The smallest absolute Gasteiger partial charge is 0.133 e. The topological polar surface area (TPSA) is 77.8 Å². The Morgan fingerprint density at radius 1 is 0.842 bits per heavy atom. The van der Waals surface area contributed by atoms with E-state index in [1.54, 1.807) is 12.3 Å². The standard InChI is InChI=1S/C14H12N4.ClH/c15-12-7-6-11(14(16)18-12)10-5-1-3-9-4-2-8-17-13(9)10;/h1-8H,(H4,15,16,18);1H. The second-order valence-electron chi connectivity index (χ2n) is 4.05. The molecule has 96 valence electrons. The van der Waals surface area contributed by atoms with Crippen LogP contribution in [-0.2, 0) is 0 Å². The van der Waals surface area contributed by atoms with Gasteiger partial charge in [-0.3, -0.25) is 4.98 Å². The Bertz CT molecular complexity index is 722. The third kappa shape index (κ3) is 2.30. The number of benzene rings is 1. The molecule has 0 saturated heterocycles. The molecule has 0 fully saturated rings. The predicted octanol–water partition coefficient (Wildman–Crippen LogP) is 2.88. The molecule has 0 saturated carbocycles. The average molecular weight is 273 g/mol. The summed E-state index contributed by atoms with van der Waals surface area (Å²) in [6.45, 7) is 0. The summed E-state index contributed by atoms with van der Waals surface area (Å²) in [5.74, 6) is 0.845. The fraction of sp³-hybridized carbons (Fsp3) is 0. The van der Waals surface area contributed by atoms with Gasteiger partial charge in [0.05, 0.1) is 5.52 Å². The second kappa shape index (κ2) is 5.12. The third-order valence-electron chi connectivity index (χ3n) is 2.87. The predicted molar refractivity (Wildman–Crippen MR) is 81.0 cm³/mol. The zero-order valence-electron chi connectivity index (χ0n) is 10.1. The summed E-state index contributed by atoms with van der Waals surface area (Å²) in [6, 6.07) is 13.5. The normalized spacial score (nSPS) is 10.1. The number of hydrogen-bond donors (Lipinski definition) is 2. The van der Waals surface area contributed by atoms with Crippen LogP contribution in [0.4, 0.5) is 11.6 Å². The van der Waals surface area contributed by atoms with Gasteiger partial charge in [-0.2, -0.15) is 0 Å². The molecule has 0 aliphatic heterocycles. The fourth-order valence-corrected chi connectivity index (χ4v) is 2.04. The van der Waals surface area contributed by atoms with Crippen molar-refractivity contribution in [3.63, 3.8) is 0 Å². The monoisotopic (exact) mass is 272 g/mol. The number of rotatable bonds is 1. The van der Waals surface area contributed by atoms with Crippen molar-refractivity contribution in [2.45, 2.75) is 0 Å². The molecule has 0 bridgehead atoms. The molecule has 1 aromatic carbocycles. The molecule has 0 aliphatic carbocycles. The van der Waals surface area contributed by atoms with Gasteiger partial charge in [0.25, 0.3) is 0 Å². The molecule has 0 amide bonds. The summed E-state index contributed by atoms with van der Waals surface area (Å²) in [4.78, 5) is 8.49. The van der Waals surface area contributed by atoms with Gasteiger partial charge in [0.15, 0.2) is 0 Å². The van der Waals surface area contributed by atoms with Crippen molar-refractivity contribution in [1.29, 1.82) is 0 Å². The highest BCUT2D eigenvalue weighted by Crippen LogP contribution is 2.30. The molecule has 4 N–H and O–H groups in total. The Kier molecular flexibility index (Phi) is 3.53. The van der Waals surface area contributed by atoms with Crippen LogP contribution in [0.5, 0.6) is 0 Å². The number of nitrogens with two attached hydrogens (primary N) is 2. The fourth-order valence-electron chi connectivity index (χ4n) is 2.04. The molecule has 0 atom stereocenters. The maximum absolute atomic E-state index is 5.93. The molecule has 0 aliphatic rings. The van der Waals surface area contributed by atoms with Gasteiger partial charge in [0.1, 0.15) is 11.6 Å². The van der Waals surface area contributed by atoms with Crippen LogP contribution >= 0.6 is 12.4 Å². The Hall–Kier alpha value is -2.33. The minimum absolute atomic E-state index is 0. The van der Waals surface area contributed by atoms with Gasteiger partial charge in [-0.15, -0.1) is 12.4 Å². The highest BCUT2D eigenvalue weighted by molar-refractivity contribution is 5.96. The van der Waals surface area contributed by atoms with Crippen LogP contribution in [0.2, 0.25) is 0 Å². The first-order valence-corrected chi connectivity index (χ1v) is 5.62. The van der Waals surface area contributed by atoms with Crippen LogP contribution in [0.1, 0.15) is 0 Å². The minimum atomic E-state index is 0. The maximum Gasteiger partial charge on any atom is 0.133 e. The molecule has 2 heterocycles. The molecular formula is C14H13ClN4. The van der Waals surface area contributed by atoms with E-state index in [0.717, 1.165) is 22.0 Å². The van der Waals surface area contributed by atoms with Crippen molar-refractivity contribution in [1.82, 2.24) is 9.97 Å². The molecule has 0 unspecified atom stereocenters. The summed E-state index contributed by atoms with van der Waals surface area (Å²) >= 11 is 0. The van der Waals surface area contributed by atoms with Crippen LogP contribution < -0.4 is 11.5 Å². The van der Waals surface area contributed by atoms with Crippen molar-refractivity contribution in [3.8, 4) is 11.1 Å². The second-order valence-corrected chi connectivity index (χ2v) is 4.05. The lowest BCUT2D eigenvalue weighted by Crippen LogP contribution is -1.98. The van der Waals surface area contributed by atoms with Crippen LogP contribution in [0.3, 0.4) is 0 Å². The van der Waals surface area contributed by atoms with Gasteiger partial charge in [-0.05, 0) is 18.2 Å².